The number of likely N-dealkylation sites (tertiary alicyclic amines) is 1. The highest BCUT2D eigenvalue weighted by Crippen LogP contribution is 2.31. The number of nitrogens with zero attached hydrogens (tertiary/aromatic N) is 6. The van der Waals surface area contributed by atoms with Gasteiger partial charge in [-0.25, -0.2) is 9.97 Å². The number of aryl methyl sites for hydroxylation is 3. The van der Waals surface area contributed by atoms with Gasteiger partial charge in [-0.3, -0.25) is 13.9 Å². The van der Waals surface area contributed by atoms with E-state index >= 15 is 0 Å². The van der Waals surface area contributed by atoms with Crippen LogP contribution in [0.3, 0.4) is 0 Å². The Kier molecular flexibility index (Phi) is 4.44. The Labute approximate surface area is 152 Å². The number of carbonyl (C=O) groups excluding carboxylic acids is 1. The van der Waals surface area contributed by atoms with Crippen molar-refractivity contribution in [3.63, 3.8) is 0 Å². The number of amides is 1. The molecule has 7 heteroatoms. The third-order valence-electron chi connectivity index (χ3n) is 5.08. The summed E-state index contributed by atoms with van der Waals surface area (Å²) in [4.78, 5) is 23.9. The van der Waals surface area contributed by atoms with E-state index in [2.05, 4.69) is 23.1 Å². The first kappa shape index (κ1) is 16.8. The summed E-state index contributed by atoms with van der Waals surface area (Å²) >= 11 is 0. The summed E-state index contributed by atoms with van der Waals surface area (Å²) < 4.78 is 3.81. The van der Waals surface area contributed by atoms with Crippen molar-refractivity contribution >= 4 is 11.7 Å². The molecular formula is C19H24N6O. The molecule has 0 spiro atoms. The third-order valence-corrected chi connectivity index (χ3v) is 5.08. The third kappa shape index (κ3) is 3.21. The number of rotatable bonds is 4. The second-order valence-electron chi connectivity index (χ2n) is 6.99. The van der Waals surface area contributed by atoms with Crippen LogP contribution in [0.1, 0.15) is 48.8 Å². The van der Waals surface area contributed by atoms with Crippen molar-refractivity contribution in [3.05, 3.63) is 47.8 Å². The minimum absolute atomic E-state index is 0.0380. The molecule has 0 unspecified atom stereocenters. The summed E-state index contributed by atoms with van der Waals surface area (Å²) in [6.07, 6.45) is 9.18. The van der Waals surface area contributed by atoms with Gasteiger partial charge >= 0.3 is 0 Å². The summed E-state index contributed by atoms with van der Waals surface area (Å²) in [5.74, 6) is 0.871. The Balaban J connectivity index is 1.54. The van der Waals surface area contributed by atoms with E-state index in [1.165, 1.54) is 0 Å². The van der Waals surface area contributed by atoms with Gasteiger partial charge in [-0.15, -0.1) is 0 Å². The van der Waals surface area contributed by atoms with Crippen LogP contribution in [0.4, 0.5) is 0 Å². The van der Waals surface area contributed by atoms with Crippen LogP contribution in [-0.4, -0.2) is 41.5 Å². The maximum atomic E-state index is 12.9. The SMILES string of the molecule is Cc1ccn(CCC(=O)N2CCCC[C@H]2c2cc(C)n3ccnc3n2)n1. The molecule has 7 nitrogen and oxygen atoms in total. The minimum atomic E-state index is 0.0380. The number of piperidine rings is 1. The number of imidazole rings is 1. The van der Waals surface area contributed by atoms with Gasteiger partial charge in [-0.05, 0) is 45.2 Å². The lowest BCUT2D eigenvalue weighted by Crippen LogP contribution is -2.39. The highest BCUT2D eigenvalue weighted by atomic mass is 16.2. The number of carbonyl (C=O) groups is 1. The van der Waals surface area contributed by atoms with Crippen molar-refractivity contribution in [2.45, 2.75) is 52.1 Å². The van der Waals surface area contributed by atoms with Crippen molar-refractivity contribution in [1.82, 2.24) is 29.0 Å². The lowest BCUT2D eigenvalue weighted by Gasteiger charge is -2.35. The zero-order valence-corrected chi connectivity index (χ0v) is 15.3. The Morgan fingerprint density at radius 1 is 1.27 bits per heavy atom. The van der Waals surface area contributed by atoms with E-state index < -0.39 is 0 Å². The molecule has 1 aliphatic heterocycles. The standard InChI is InChI=1S/C19H24N6O/c1-14-6-10-23(22-14)11-7-18(26)25-9-4-3-5-17(25)16-13-15(2)24-12-8-20-19(24)21-16/h6,8,10,12-13,17H,3-5,7,9,11H2,1-2H3/t17-/m0/s1. The molecule has 26 heavy (non-hydrogen) atoms. The zero-order chi connectivity index (χ0) is 18.1. The molecule has 0 saturated carbocycles. The topological polar surface area (TPSA) is 68.3 Å². The van der Waals surface area contributed by atoms with E-state index in [9.17, 15) is 4.79 Å². The molecule has 0 aromatic carbocycles. The average molecular weight is 352 g/mol. The Morgan fingerprint density at radius 2 is 2.15 bits per heavy atom. The Hall–Kier alpha value is -2.70. The van der Waals surface area contributed by atoms with E-state index in [1.54, 1.807) is 6.20 Å². The largest absolute Gasteiger partial charge is 0.334 e. The summed E-state index contributed by atoms with van der Waals surface area (Å²) in [7, 11) is 0. The van der Waals surface area contributed by atoms with Crippen LogP contribution in [0, 0.1) is 13.8 Å². The zero-order valence-electron chi connectivity index (χ0n) is 15.3. The van der Waals surface area contributed by atoms with Crippen LogP contribution in [0.2, 0.25) is 0 Å². The first-order valence-corrected chi connectivity index (χ1v) is 9.22. The van der Waals surface area contributed by atoms with Gasteiger partial charge < -0.3 is 4.90 Å². The molecule has 4 heterocycles. The van der Waals surface area contributed by atoms with Crippen molar-refractivity contribution in [2.24, 2.45) is 0 Å². The molecule has 1 saturated heterocycles. The molecule has 1 fully saturated rings. The fourth-order valence-corrected chi connectivity index (χ4v) is 3.73. The van der Waals surface area contributed by atoms with Crippen molar-refractivity contribution in [1.29, 1.82) is 0 Å². The number of fused-ring (bicyclic) bond motifs is 1. The maximum absolute atomic E-state index is 12.9. The highest BCUT2D eigenvalue weighted by molar-refractivity contribution is 5.76. The minimum Gasteiger partial charge on any atom is -0.334 e. The molecule has 0 aliphatic carbocycles. The van der Waals surface area contributed by atoms with Gasteiger partial charge in [-0.2, -0.15) is 5.10 Å². The molecule has 0 radical (unpaired) electrons. The molecular weight excluding hydrogens is 328 g/mol. The maximum Gasteiger partial charge on any atom is 0.234 e. The molecule has 0 bridgehead atoms. The van der Waals surface area contributed by atoms with Gasteiger partial charge in [0.15, 0.2) is 0 Å². The fraction of sp³-hybridized carbons (Fsp3) is 0.474. The van der Waals surface area contributed by atoms with E-state index in [0.29, 0.717) is 18.7 Å². The van der Waals surface area contributed by atoms with Crippen LogP contribution in [0.5, 0.6) is 0 Å². The monoisotopic (exact) mass is 352 g/mol. The average Bonchev–Trinajstić information content (AvgIpc) is 3.28. The molecule has 1 atom stereocenters. The van der Waals surface area contributed by atoms with Gasteiger partial charge in [0.2, 0.25) is 11.7 Å². The normalized spacial score (nSPS) is 17.8. The Bertz CT molecular complexity index is 927. The second-order valence-corrected chi connectivity index (χ2v) is 6.99. The smallest absolute Gasteiger partial charge is 0.234 e. The fourth-order valence-electron chi connectivity index (χ4n) is 3.73. The highest BCUT2D eigenvalue weighted by Gasteiger charge is 2.29. The van der Waals surface area contributed by atoms with Crippen molar-refractivity contribution in [2.75, 3.05) is 6.54 Å². The first-order chi connectivity index (χ1) is 12.6. The van der Waals surface area contributed by atoms with Crippen molar-refractivity contribution in [3.8, 4) is 0 Å². The van der Waals surface area contributed by atoms with E-state index in [4.69, 9.17) is 4.98 Å². The van der Waals surface area contributed by atoms with E-state index in [1.807, 2.05) is 39.4 Å². The summed E-state index contributed by atoms with van der Waals surface area (Å²) in [5.41, 5.74) is 3.01. The number of hydrogen-bond donors (Lipinski definition) is 0. The lowest BCUT2D eigenvalue weighted by molar-refractivity contribution is -0.135. The van der Waals surface area contributed by atoms with E-state index in [-0.39, 0.29) is 11.9 Å². The second kappa shape index (κ2) is 6.90. The van der Waals surface area contributed by atoms with Gasteiger partial charge in [0, 0.05) is 43.8 Å². The molecule has 1 aliphatic rings. The van der Waals surface area contributed by atoms with Gasteiger partial charge in [0.25, 0.3) is 0 Å². The van der Waals surface area contributed by atoms with Crippen LogP contribution in [-0.2, 0) is 11.3 Å². The molecule has 4 rings (SSSR count). The molecule has 136 valence electrons. The molecule has 3 aromatic heterocycles. The molecule has 1 amide bonds. The van der Waals surface area contributed by atoms with Crippen LogP contribution >= 0.6 is 0 Å². The first-order valence-electron chi connectivity index (χ1n) is 9.22. The quantitative estimate of drug-likeness (QED) is 0.724. The van der Waals surface area contributed by atoms with E-state index in [0.717, 1.165) is 42.9 Å². The summed E-state index contributed by atoms with van der Waals surface area (Å²) in [5, 5.41) is 4.37. The lowest BCUT2D eigenvalue weighted by atomic mass is 9.98. The van der Waals surface area contributed by atoms with Gasteiger partial charge in [0.05, 0.1) is 17.4 Å². The Morgan fingerprint density at radius 3 is 2.96 bits per heavy atom. The predicted molar refractivity (Wildman–Crippen MR) is 97.6 cm³/mol. The van der Waals surface area contributed by atoms with Gasteiger partial charge in [-0.1, -0.05) is 0 Å². The molecule has 3 aromatic rings. The predicted octanol–water partition coefficient (Wildman–Crippen LogP) is 2.69. The van der Waals surface area contributed by atoms with Crippen molar-refractivity contribution < 1.29 is 4.79 Å². The summed E-state index contributed by atoms with van der Waals surface area (Å²) in [6.45, 7) is 5.41. The number of aromatic nitrogens is 5. The summed E-state index contributed by atoms with van der Waals surface area (Å²) in [6, 6.07) is 4.08. The molecule has 0 N–H and O–H groups in total. The van der Waals surface area contributed by atoms with Crippen LogP contribution in [0.25, 0.3) is 5.78 Å². The number of hydrogen-bond acceptors (Lipinski definition) is 4. The van der Waals surface area contributed by atoms with Crippen LogP contribution < -0.4 is 0 Å². The van der Waals surface area contributed by atoms with Crippen LogP contribution in [0.15, 0.2) is 30.7 Å². The van der Waals surface area contributed by atoms with Gasteiger partial charge in [0.1, 0.15) is 0 Å².